The molecule has 2 aliphatic heterocycles. The average molecular weight is 375 g/mol. The molecule has 0 spiro atoms. The van der Waals surface area contributed by atoms with E-state index in [9.17, 15) is 8.78 Å². The van der Waals surface area contributed by atoms with Gasteiger partial charge in [0.1, 0.15) is 17.2 Å². The Bertz CT molecular complexity index is 876. The van der Waals surface area contributed by atoms with Crippen molar-refractivity contribution in [1.29, 1.82) is 0 Å². The van der Waals surface area contributed by atoms with Crippen LogP contribution in [0.25, 0.3) is 0 Å². The smallest absolute Gasteiger partial charge is 0.154 e. The summed E-state index contributed by atoms with van der Waals surface area (Å²) in [5.41, 5.74) is 7.45. The molecule has 4 rings (SSSR count). The number of hydrogen-bond acceptors (Lipinski definition) is 5. The van der Waals surface area contributed by atoms with Crippen LogP contribution >= 0.6 is 11.8 Å². The third-order valence-corrected chi connectivity index (χ3v) is 6.04. The first-order valence-corrected chi connectivity index (χ1v) is 9.43. The van der Waals surface area contributed by atoms with Crippen LogP contribution in [0.5, 0.6) is 0 Å². The number of hydrogen-bond donors (Lipinski definition) is 1. The molecule has 2 aromatic rings. The van der Waals surface area contributed by atoms with Crippen molar-refractivity contribution in [1.82, 2.24) is 4.98 Å². The summed E-state index contributed by atoms with van der Waals surface area (Å²) in [4.78, 5) is 8.84. The number of thioether (sulfide) groups is 1. The van der Waals surface area contributed by atoms with Gasteiger partial charge in [0.25, 0.3) is 0 Å². The number of rotatable bonds is 2. The van der Waals surface area contributed by atoms with Crippen LogP contribution in [-0.2, 0) is 10.3 Å². The summed E-state index contributed by atoms with van der Waals surface area (Å²) in [6.45, 7) is 2.18. The summed E-state index contributed by atoms with van der Waals surface area (Å²) in [5.74, 6) is -0.482. The Hall–Kier alpha value is -1.99. The largest absolute Gasteiger partial charge is 0.379 e. The van der Waals surface area contributed by atoms with E-state index in [0.29, 0.717) is 22.9 Å². The lowest BCUT2D eigenvalue weighted by molar-refractivity contribution is -0.0589. The lowest BCUT2D eigenvalue weighted by Crippen LogP contribution is -2.48. The third-order valence-electron chi connectivity index (χ3n) is 5.09. The predicted molar refractivity (Wildman–Crippen MR) is 97.9 cm³/mol. The molecule has 4 nitrogen and oxygen atoms in total. The van der Waals surface area contributed by atoms with E-state index >= 15 is 0 Å². The van der Waals surface area contributed by atoms with Crippen LogP contribution in [0.2, 0.25) is 0 Å². The minimum atomic E-state index is -0.916. The highest BCUT2D eigenvalue weighted by Gasteiger charge is 2.49. The molecular formula is C19H19F2N3OS. The zero-order valence-corrected chi connectivity index (χ0v) is 15.1. The normalized spacial score (nSPS) is 28.3. The number of benzene rings is 1. The number of halogens is 2. The molecule has 2 N–H and O–H groups in total. The highest BCUT2D eigenvalue weighted by molar-refractivity contribution is 8.13. The lowest BCUT2D eigenvalue weighted by Gasteiger charge is -2.46. The highest BCUT2D eigenvalue weighted by Crippen LogP contribution is 2.49. The fourth-order valence-corrected chi connectivity index (χ4v) is 4.81. The monoisotopic (exact) mass is 375 g/mol. The van der Waals surface area contributed by atoms with E-state index in [1.165, 1.54) is 23.9 Å². The van der Waals surface area contributed by atoms with Gasteiger partial charge in [-0.1, -0.05) is 23.9 Å². The Labute approximate surface area is 154 Å². The van der Waals surface area contributed by atoms with Crippen molar-refractivity contribution >= 4 is 16.9 Å². The number of ether oxygens (including phenoxy) is 1. The zero-order valence-electron chi connectivity index (χ0n) is 14.3. The van der Waals surface area contributed by atoms with E-state index in [4.69, 9.17) is 10.5 Å². The summed E-state index contributed by atoms with van der Waals surface area (Å²) in [6.07, 6.45) is 4.15. The van der Waals surface area contributed by atoms with E-state index in [-0.39, 0.29) is 18.6 Å². The summed E-state index contributed by atoms with van der Waals surface area (Å²) < 4.78 is 34.1. The number of aliphatic imine (C=N–C) groups is 1. The molecule has 0 aliphatic carbocycles. The molecular weight excluding hydrogens is 356 g/mol. The molecule has 3 unspecified atom stereocenters. The SMILES string of the molecule is Cc1cncc(C2CC3CSC(N)=NC3(c3ccc(F)cc3F)CO2)c1. The van der Waals surface area contributed by atoms with Crippen molar-refractivity contribution in [3.8, 4) is 0 Å². The van der Waals surface area contributed by atoms with Crippen molar-refractivity contribution in [3.63, 3.8) is 0 Å². The molecule has 7 heteroatoms. The van der Waals surface area contributed by atoms with Gasteiger partial charge in [-0.3, -0.25) is 4.98 Å². The maximum absolute atomic E-state index is 14.6. The lowest BCUT2D eigenvalue weighted by atomic mass is 9.74. The number of amidine groups is 1. The van der Waals surface area contributed by atoms with Crippen LogP contribution in [0, 0.1) is 24.5 Å². The molecule has 0 amide bonds. The third kappa shape index (κ3) is 2.99. The summed E-state index contributed by atoms with van der Waals surface area (Å²) in [6, 6.07) is 5.67. The molecule has 0 saturated carbocycles. The summed E-state index contributed by atoms with van der Waals surface area (Å²) in [5, 5.41) is 0.407. The number of nitrogens with zero attached hydrogens (tertiary/aromatic N) is 2. The van der Waals surface area contributed by atoms with Crippen LogP contribution < -0.4 is 5.73 Å². The Balaban J connectivity index is 1.72. The Kier molecular flexibility index (Phi) is 4.44. The Morgan fingerprint density at radius 2 is 2.12 bits per heavy atom. The molecule has 136 valence electrons. The van der Waals surface area contributed by atoms with E-state index < -0.39 is 17.2 Å². The fourth-order valence-electron chi connectivity index (χ4n) is 3.80. The first-order chi connectivity index (χ1) is 12.5. The van der Waals surface area contributed by atoms with Gasteiger partial charge in [0.2, 0.25) is 0 Å². The van der Waals surface area contributed by atoms with Crippen molar-refractivity contribution in [2.45, 2.75) is 25.0 Å². The van der Waals surface area contributed by atoms with E-state index in [1.807, 2.05) is 6.92 Å². The predicted octanol–water partition coefficient (Wildman–Crippen LogP) is 3.70. The van der Waals surface area contributed by atoms with Gasteiger partial charge in [0.05, 0.1) is 12.7 Å². The molecule has 1 aromatic heterocycles. The first-order valence-electron chi connectivity index (χ1n) is 8.45. The zero-order chi connectivity index (χ0) is 18.3. The van der Waals surface area contributed by atoms with Crippen LogP contribution in [0.1, 0.15) is 29.2 Å². The van der Waals surface area contributed by atoms with Crippen molar-refractivity contribution in [2.24, 2.45) is 16.6 Å². The first kappa shape index (κ1) is 17.4. The number of nitrogens with two attached hydrogens (primary N) is 1. The van der Waals surface area contributed by atoms with E-state index in [2.05, 4.69) is 16.0 Å². The minimum Gasteiger partial charge on any atom is -0.379 e. The number of aryl methyl sites for hydroxylation is 1. The molecule has 0 bridgehead atoms. The maximum Gasteiger partial charge on any atom is 0.154 e. The molecule has 1 saturated heterocycles. The standard InChI is InChI=1S/C19H19F2N3OS/c1-11-4-12(8-23-7-11)17-5-13-9-26-18(22)24-19(13,10-25-17)15-3-2-14(20)6-16(15)21/h2-4,6-8,13,17H,5,9-10H2,1H3,(H2,22,24). The second-order valence-corrected chi connectivity index (χ2v) is 7.88. The number of fused-ring (bicyclic) bond motifs is 1. The fraction of sp³-hybridized carbons (Fsp3) is 0.368. The van der Waals surface area contributed by atoms with Gasteiger partial charge < -0.3 is 10.5 Å². The van der Waals surface area contributed by atoms with Crippen LogP contribution in [0.4, 0.5) is 8.78 Å². The highest BCUT2D eigenvalue weighted by atomic mass is 32.2. The molecule has 0 radical (unpaired) electrons. The van der Waals surface area contributed by atoms with Crippen LogP contribution in [0.15, 0.2) is 41.7 Å². The van der Waals surface area contributed by atoms with Crippen molar-refractivity contribution < 1.29 is 13.5 Å². The number of pyridine rings is 1. The van der Waals surface area contributed by atoms with Gasteiger partial charge in [-0.25, -0.2) is 13.8 Å². The Morgan fingerprint density at radius 3 is 2.88 bits per heavy atom. The van der Waals surface area contributed by atoms with Gasteiger partial charge in [-0.05, 0) is 30.5 Å². The van der Waals surface area contributed by atoms with E-state index in [1.54, 1.807) is 12.4 Å². The quantitative estimate of drug-likeness (QED) is 0.869. The van der Waals surface area contributed by atoms with Crippen molar-refractivity contribution in [3.05, 3.63) is 65.0 Å². The van der Waals surface area contributed by atoms with Gasteiger partial charge in [-0.15, -0.1) is 0 Å². The van der Waals surface area contributed by atoms with Gasteiger partial charge >= 0.3 is 0 Å². The molecule has 26 heavy (non-hydrogen) atoms. The summed E-state index contributed by atoms with van der Waals surface area (Å²) >= 11 is 1.47. The van der Waals surface area contributed by atoms with Crippen molar-refractivity contribution in [2.75, 3.05) is 12.4 Å². The molecule has 1 fully saturated rings. The molecule has 1 aromatic carbocycles. The van der Waals surface area contributed by atoms with Crippen LogP contribution in [0.3, 0.4) is 0 Å². The molecule has 2 aliphatic rings. The molecule has 3 heterocycles. The maximum atomic E-state index is 14.6. The second kappa shape index (κ2) is 6.63. The topological polar surface area (TPSA) is 60.5 Å². The van der Waals surface area contributed by atoms with E-state index in [0.717, 1.165) is 17.2 Å². The van der Waals surface area contributed by atoms with Gasteiger partial charge in [0, 0.05) is 35.7 Å². The molecule has 3 atom stereocenters. The number of aromatic nitrogens is 1. The average Bonchev–Trinajstić information content (AvgIpc) is 2.61. The Morgan fingerprint density at radius 1 is 1.27 bits per heavy atom. The summed E-state index contributed by atoms with van der Waals surface area (Å²) in [7, 11) is 0. The second-order valence-electron chi connectivity index (χ2n) is 6.84. The van der Waals surface area contributed by atoms with Gasteiger partial charge in [-0.2, -0.15) is 0 Å². The van der Waals surface area contributed by atoms with Gasteiger partial charge in [0.15, 0.2) is 5.17 Å². The van der Waals surface area contributed by atoms with Crippen LogP contribution in [-0.4, -0.2) is 22.5 Å². The minimum absolute atomic E-state index is 0.0269.